The van der Waals surface area contributed by atoms with Gasteiger partial charge in [-0.05, 0) is 0 Å². The van der Waals surface area contributed by atoms with E-state index < -0.39 is 0 Å². The van der Waals surface area contributed by atoms with E-state index in [2.05, 4.69) is 13.8 Å². The molecule has 0 saturated carbocycles. The Bertz CT molecular complexity index is 194. The standard InChI is InChI=1S/C18H36OSe/c1-3-5-6-7-8-9-10-11-12-13-17-20-18(14-4-2)15-16-19/h16,18H,3-15,17H2,1-2H3. The van der Waals surface area contributed by atoms with Gasteiger partial charge in [0.2, 0.25) is 0 Å². The Hall–Kier alpha value is 0.189. The summed E-state index contributed by atoms with van der Waals surface area (Å²) in [5.41, 5.74) is 0. The predicted octanol–water partition coefficient (Wildman–Crippen LogP) is 6.21. The average molecular weight is 347 g/mol. The van der Waals surface area contributed by atoms with Crippen molar-refractivity contribution in [1.29, 1.82) is 0 Å². The quantitative estimate of drug-likeness (QED) is 0.184. The van der Waals surface area contributed by atoms with Gasteiger partial charge in [0, 0.05) is 0 Å². The van der Waals surface area contributed by atoms with E-state index in [9.17, 15) is 4.79 Å². The van der Waals surface area contributed by atoms with Crippen molar-refractivity contribution in [2.75, 3.05) is 0 Å². The molecule has 0 aromatic carbocycles. The van der Waals surface area contributed by atoms with E-state index in [-0.39, 0.29) is 0 Å². The van der Waals surface area contributed by atoms with Crippen molar-refractivity contribution in [2.45, 2.75) is 107 Å². The van der Waals surface area contributed by atoms with E-state index in [0.29, 0.717) is 15.0 Å². The maximum absolute atomic E-state index is 10.6. The van der Waals surface area contributed by atoms with Gasteiger partial charge in [-0.1, -0.05) is 0 Å². The molecule has 1 atom stereocenters. The first-order valence-corrected chi connectivity index (χ1v) is 11.1. The number of hydrogen-bond donors (Lipinski definition) is 0. The van der Waals surface area contributed by atoms with Gasteiger partial charge >= 0.3 is 133 Å². The molecule has 0 N–H and O–H groups in total. The van der Waals surface area contributed by atoms with E-state index in [4.69, 9.17) is 0 Å². The van der Waals surface area contributed by atoms with Crippen molar-refractivity contribution in [3.63, 3.8) is 0 Å². The third kappa shape index (κ3) is 14.6. The summed E-state index contributed by atoms with van der Waals surface area (Å²) < 4.78 is 0. The van der Waals surface area contributed by atoms with Crippen molar-refractivity contribution < 1.29 is 4.79 Å². The van der Waals surface area contributed by atoms with Gasteiger partial charge < -0.3 is 0 Å². The van der Waals surface area contributed by atoms with Crippen LogP contribution in [0.2, 0.25) is 10.1 Å². The zero-order chi connectivity index (χ0) is 14.9. The molecule has 0 aromatic rings. The van der Waals surface area contributed by atoms with Crippen LogP contribution in [0.3, 0.4) is 0 Å². The summed E-state index contributed by atoms with van der Waals surface area (Å²) in [6, 6.07) is 0. The Labute approximate surface area is 133 Å². The Morgan fingerprint density at radius 3 is 1.85 bits per heavy atom. The second-order valence-corrected chi connectivity index (χ2v) is 8.82. The van der Waals surface area contributed by atoms with Crippen LogP contribution < -0.4 is 0 Å². The SMILES string of the molecule is CCCCCCCCCCCC[Se]C(CC=O)CCC. The molecule has 0 bridgehead atoms. The molecule has 0 spiro atoms. The first-order valence-electron chi connectivity index (χ1n) is 8.90. The fraction of sp³-hybridized carbons (Fsp3) is 0.944. The van der Waals surface area contributed by atoms with Crippen molar-refractivity contribution in [3.05, 3.63) is 0 Å². The molecule has 0 heterocycles. The van der Waals surface area contributed by atoms with Crippen molar-refractivity contribution in [1.82, 2.24) is 0 Å². The van der Waals surface area contributed by atoms with E-state index in [1.807, 2.05) is 0 Å². The molecule has 20 heavy (non-hydrogen) atoms. The molecular formula is C18H36OSe. The minimum absolute atomic E-state index is 0.705. The molecule has 0 saturated heterocycles. The van der Waals surface area contributed by atoms with Gasteiger partial charge in [-0.15, -0.1) is 0 Å². The number of aldehydes is 1. The van der Waals surface area contributed by atoms with Crippen LogP contribution in [0.25, 0.3) is 0 Å². The monoisotopic (exact) mass is 348 g/mol. The summed E-state index contributed by atoms with van der Waals surface area (Å²) in [4.78, 5) is 11.3. The molecule has 0 radical (unpaired) electrons. The second-order valence-electron chi connectivity index (χ2n) is 5.87. The van der Waals surface area contributed by atoms with Crippen LogP contribution in [0.15, 0.2) is 0 Å². The molecule has 1 nitrogen and oxygen atoms in total. The maximum atomic E-state index is 10.6. The Morgan fingerprint density at radius 1 is 0.800 bits per heavy atom. The van der Waals surface area contributed by atoms with Gasteiger partial charge in [0.25, 0.3) is 0 Å². The molecule has 2 heteroatoms. The molecule has 1 unspecified atom stereocenters. The molecule has 0 aliphatic carbocycles. The van der Waals surface area contributed by atoms with Crippen molar-refractivity contribution in [3.8, 4) is 0 Å². The van der Waals surface area contributed by atoms with Crippen LogP contribution in [0, 0.1) is 0 Å². The predicted molar refractivity (Wildman–Crippen MR) is 91.7 cm³/mol. The number of carbonyl (C=O) groups is 1. The van der Waals surface area contributed by atoms with E-state index in [0.717, 1.165) is 17.5 Å². The zero-order valence-electron chi connectivity index (χ0n) is 13.9. The number of hydrogen-bond acceptors (Lipinski definition) is 1. The number of unbranched alkanes of at least 4 members (excludes halogenated alkanes) is 9. The average Bonchev–Trinajstić information content (AvgIpc) is 2.45. The summed E-state index contributed by atoms with van der Waals surface area (Å²) in [7, 11) is 0. The normalized spacial score (nSPS) is 12.5. The van der Waals surface area contributed by atoms with Gasteiger partial charge in [-0.3, -0.25) is 0 Å². The topological polar surface area (TPSA) is 17.1 Å². The van der Waals surface area contributed by atoms with Crippen LogP contribution in [0.4, 0.5) is 0 Å². The summed E-state index contributed by atoms with van der Waals surface area (Å²) in [6.45, 7) is 4.51. The van der Waals surface area contributed by atoms with Gasteiger partial charge in [0.15, 0.2) is 0 Å². The van der Waals surface area contributed by atoms with Gasteiger partial charge in [0.1, 0.15) is 0 Å². The number of carbonyl (C=O) groups excluding carboxylic acids is 1. The third-order valence-electron chi connectivity index (χ3n) is 3.82. The molecule has 0 aliphatic heterocycles. The molecule has 0 aromatic heterocycles. The minimum atomic E-state index is 0.705. The summed E-state index contributed by atoms with van der Waals surface area (Å²) >= 11 is 0.705. The van der Waals surface area contributed by atoms with Gasteiger partial charge in [-0.2, -0.15) is 0 Å². The summed E-state index contributed by atoms with van der Waals surface area (Å²) in [5.74, 6) is 0. The third-order valence-corrected chi connectivity index (χ3v) is 6.81. The fourth-order valence-corrected chi connectivity index (χ4v) is 5.31. The van der Waals surface area contributed by atoms with Crippen LogP contribution in [-0.2, 0) is 4.79 Å². The fourth-order valence-electron chi connectivity index (χ4n) is 2.54. The Morgan fingerprint density at radius 2 is 1.35 bits per heavy atom. The molecule has 0 fully saturated rings. The Kier molecular flexibility index (Phi) is 17.4. The van der Waals surface area contributed by atoms with E-state index in [1.165, 1.54) is 82.4 Å². The van der Waals surface area contributed by atoms with E-state index >= 15 is 0 Å². The second kappa shape index (κ2) is 17.2. The van der Waals surface area contributed by atoms with Gasteiger partial charge in [0.05, 0.1) is 0 Å². The van der Waals surface area contributed by atoms with Crippen LogP contribution in [-0.4, -0.2) is 21.2 Å². The number of rotatable bonds is 16. The summed E-state index contributed by atoms with van der Waals surface area (Å²) in [6.07, 6.45) is 18.7. The molecule has 120 valence electrons. The van der Waals surface area contributed by atoms with Crippen molar-refractivity contribution in [2.24, 2.45) is 0 Å². The van der Waals surface area contributed by atoms with Gasteiger partial charge in [-0.25, -0.2) is 0 Å². The molecular weight excluding hydrogens is 311 g/mol. The first-order chi connectivity index (χ1) is 9.85. The Balaban J connectivity index is 3.20. The molecule has 0 rings (SSSR count). The van der Waals surface area contributed by atoms with Crippen molar-refractivity contribution >= 4 is 21.2 Å². The molecule has 0 amide bonds. The molecule has 0 aliphatic rings. The van der Waals surface area contributed by atoms with Crippen LogP contribution >= 0.6 is 0 Å². The summed E-state index contributed by atoms with van der Waals surface area (Å²) in [5, 5.41) is 1.39. The van der Waals surface area contributed by atoms with Crippen LogP contribution in [0.5, 0.6) is 0 Å². The van der Waals surface area contributed by atoms with Crippen LogP contribution in [0.1, 0.15) is 97.3 Å². The van der Waals surface area contributed by atoms with E-state index in [1.54, 1.807) is 0 Å². The first kappa shape index (κ1) is 20.2. The zero-order valence-corrected chi connectivity index (χ0v) is 15.6.